The Morgan fingerprint density at radius 2 is 1.90 bits per heavy atom. The van der Waals surface area contributed by atoms with Crippen molar-refractivity contribution in [1.82, 2.24) is 20.2 Å². The summed E-state index contributed by atoms with van der Waals surface area (Å²) in [4.78, 5) is 7.61. The number of anilines is 1. The lowest BCUT2D eigenvalue weighted by molar-refractivity contribution is -0.139. The molecule has 2 heterocycles. The summed E-state index contributed by atoms with van der Waals surface area (Å²) in [6, 6.07) is 2.63. The van der Waals surface area contributed by atoms with Gasteiger partial charge in [0, 0.05) is 5.56 Å². The van der Waals surface area contributed by atoms with Crippen molar-refractivity contribution < 1.29 is 17.6 Å². The van der Waals surface area contributed by atoms with E-state index in [1.807, 2.05) is 0 Å². The Morgan fingerprint density at radius 1 is 1.14 bits per heavy atom. The van der Waals surface area contributed by atoms with Crippen LogP contribution in [0.3, 0.4) is 0 Å². The molecule has 0 atom stereocenters. The van der Waals surface area contributed by atoms with Gasteiger partial charge in [-0.05, 0) is 18.2 Å². The summed E-state index contributed by atoms with van der Waals surface area (Å²) in [5.41, 5.74) is 4.83. The molecule has 21 heavy (non-hydrogen) atoms. The van der Waals surface area contributed by atoms with Gasteiger partial charge >= 0.3 is 6.18 Å². The smallest absolute Gasteiger partial charge is 0.383 e. The lowest BCUT2D eigenvalue weighted by Crippen LogP contribution is -2.08. The van der Waals surface area contributed by atoms with E-state index < -0.39 is 17.6 Å². The Morgan fingerprint density at radius 3 is 2.62 bits per heavy atom. The molecular weight excluding hydrogens is 290 g/mol. The summed E-state index contributed by atoms with van der Waals surface area (Å²) in [6.07, 6.45) is -3.61. The van der Waals surface area contributed by atoms with Gasteiger partial charge in [-0.1, -0.05) is 0 Å². The average molecular weight is 297 g/mol. The molecule has 3 aromatic rings. The maximum atomic E-state index is 13.3. The first kappa shape index (κ1) is 13.3. The van der Waals surface area contributed by atoms with E-state index in [0.717, 1.165) is 6.07 Å². The summed E-state index contributed by atoms with van der Waals surface area (Å²) >= 11 is 0. The third kappa shape index (κ3) is 2.16. The minimum absolute atomic E-state index is 0.0710. The summed E-state index contributed by atoms with van der Waals surface area (Å²) in [5, 5.41) is 6.67. The summed E-state index contributed by atoms with van der Waals surface area (Å²) in [6.45, 7) is 0. The number of alkyl halides is 3. The van der Waals surface area contributed by atoms with Crippen LogP contribution < -0.4 is 5.73 Å². The van der Waals surface area contributed by atoms with Gasteiger partial charge < -0.3 is 5.73 Å². The van der Waals surface area contributed by atoms with Crippen LogP contribution in [0.2, 0.25) is 0 Å². The highest BCUT2D eigenvalue weighted by molar-refractivity contribution is 5.97. The number of nitrogens with zero attached hydrogens (tertiary/aromatic N) is 3. The van der Waals surface area contributed by atoms with E-state index in [9.17, 15) is 17.6 Å². The number of hydrogen-bond donors (Lipinski definition) is 2. The molecule has 0 saturated heterocycles. The fraction of sp³-hybridized carbons (Fsp3) is 0.0833. The molecule has 9 heteroatoms. The molecule has 0 bridgehead atoms. The van der Waals surface area contributed by atoms with Crippen LogP contribution >= 0.6 is 0 Å². The SMILES string of the molecule is Nc1ncnc2n[nH]c(-c3ccc(F)c(C(F)(F)F)c3)c12. The molecule has 108 valence electrons. The number of halogens is 4. The van der Waals surface area contributed by atoms with Crippen molar-refractivity contribution in [1.29, 1.82) is 0 Å². The Kier molecular flexibility index (Phi) is 2.78. The van der Waals surface area contributed by atoms with Gasteiger partial charge in [-0.25, -0.2) is 14.4 Å². The fourth-order valence-electron chi connectivity index (χ4n) is 1.99. The van der Waals surface area contributed by atoms with Crippen LogP contribution in [-0.2, 0) is 6.18 Å². The summed E-state index contributed by atoms with van der Waals surface area (Å²) in [5.74, 6) is -1.28. The third-order valence-electron chi connectivity index (χ3n) is 2.94. The molecule has 3 rings (SSSR count). The molecule has 3 N–H and O–H groups in total. The molecule has 0 aliphatic heterocycles. The van der Waals surface area contributed by atoms with Gasteiger partial charge in [0.05, 0.1) is 16.6 Å². The quantitative estimate of drug-likeness (QED) is 0.677. The van der Waals surface area contributed by atoms with E-state index >= 15 is 0 Å². The van der Waals surface area contributed by atoms with Crippen LogP contribution in [0.25, 0.3) is 22.3 Å². The van der Waals surface area contributed by atoms with Crippen LogP contribution in [0.4, 0.5) is 23.4 Å². The predicted molar refractivity (Wildman–Crippen MR) is 66.5 cm³/mol. The number of rotatable bonds is 1. The zero-order valence-corrected chi connectivity index (χ0v) is 10.2. The minimum atomic E-state index is -4.79. The van der Waals surface area contributed by atoms with Crippen molar-refractivity contribution >= 4 is 16.9 Å². The molecule has 0 saturated carbocycles. The van der Waals surface area contributed by atoms with Crippen molar-refractivity contribution in [3.8, 4) is 11.3 Å². The second-order valence-electron chi connectivity index (χ2n) is 4.25. The highest BCUT2D eigenvalue weighted by atomic mass is 19.4. The van der Waals surface area contributed by atoms with E-state index in [-0.39, 0.29) is 28.1 Å². The van der Waals surface area contributed by atoms with Crippen LogP contribution in [0.1, 0.15) is 5.56 Å². The topological polar surface area (TPSA) is 80.5 Å². The van der Waals surface area contributed by atoms with Crippen molar-refractivity contribution in [3.63, 3.8) is 0 Å². The predicted octanol–water partition coefficient (Wildman–Crippen LogP) is 2.76. The van der Waals surface area contributed by atoms with E-state index in [0.29, 0.717) is 6.07 Å². The molecular formula is C12H7F4N5. The second kappa shape index (κ2) is 4.40. The van der Waals surface area contributed by atoms with Crippen molar-refractivity contribution in [2.75, 3.05) is 5.73 Å². The van der Waals surface area contributed by atoms with Crippen LogP contribution in [0.15, 0.2) is 24.5 Å². The molecule has 0 radical (unpaired) electrons. The average Bonchev–Trinajstić information content (AvgIpc) is 2.83. The summed E-state index contributed by atoms with van der Waals surface area (Å²) < 4.78 is 51.6. The standard InChI is InChI=1S/C12H7F4N5/c13-7-2-1-5(3-6(7)12(14,15)16)9-8-10(17)18-4-19-11(8)21-20-9/h1-4H,(H3,17,18,19,20,21). The van der Waals surface area contributed by atoms with E-state index in [4.69, 9.17) is 5.73 Å². The van der Waals surface area contributed by atoms with E-state index in [2.05, 4.69) is 20.2 Å². The van der Waals surface area contributed by atoms with Gasteiger partial charge in [0.1, 0.15) is 18.0 Å². The fourth-order valence-corrected chi connectivity index (χ4v) is 1.99. The van der Waals surface area contributed by atoms with Crippen LogP contribution in [0, 0.1) is 5.82 Å². The van der Waals surface area contributed by atoms with E-state index in [1.54, 1.807) is 0 Å². The molecule has 0 aliphatic carbocycles. The second-order valence-corrected chi connectivity index (χ2v) is 4.25. The Bertz CT molecular complexity index is 824. The third-order valence-corrected chi connectivity index (χ3v) is 2.94. The number of aromatic nitrogens is 4. The first-order chi connectivity index (χ1) is 9.88. The van der Waals surface area contributed by atoms with Gasteiger partial charge in [-0.3, -0.25) is 5.10 Å². The zero-order chi connectivity index (χ0) is 15.2. The van der Waals surface area contributed by atoms with Crippen molar-refractivity contribution in [2.24, 2.45) is 0 Å². The molecule has 5 nitrogen and oxygen atoms in total. The maximum Gasteiger partial charge on any atom is 0.419 e. The zero-order valence-electron chi connectivity index (χ0n) is 10.2. The van der Waals surface area contributed by atoms with Crippen molar-refractivity contribution in [2.45, 2.75) is 6.18 Å². The number of aromatic amines is 1. The number of nitrogens with two attached hydrogens (primary N) is 1. The highest BCUT2D eigenvalue weighted by Crippen LogP contribution is 2.35. The Labute approximate surface area is 114 Å². The first-order valence-electron chi connectivity index (χ1n) is 5.69. The van der Waals surface area contributed by atoms with E-state index in [1.165, 1.54) is 12.4 Å². The van der Waals surface area contributed by atoms with Gasteiger partial charge in [0.2, 0.25) is 0 Å². The lowest BCUT2D eigenvalue weighted by atomic mass is 10.1. The largest absolute Gasteiger partial charge is 0.419 e. The van der Waals surface area contributed by atoms with Gasteiger partial charge in [0.15, 0.2) is 5.65 Å². The lowest BCUT2D eigenvalue weighted by Gasteiger charge is -2.09. The van der Waals surface area contributed by atoms with Crippen molar-refractivity contribution in [3.05, 3.63) is 35.9 Å². The number of nitrogens with one attached hydrogen (secondary N) is 1. The molecule has 0 fully saturated rings. The van der Waals surface area contributed by atoms with Gasteiger partial charge in [0.25, 0.3) is 0 Å². The van der Waals surface area contributed by atoms with Crippen LogP contribution in [0.5, 0.6) is 0 Å². The minimum Gasteiger partial charge on any atom is -0.383 e. The van der Waals surface area contributed by atoms with Gasteiger partial charge in [-0.15, -0.1) is 0 Å². The van der Waals surface area contributed by atoms with Gasteiger partial charge in [-0.2, -0.15) is 18.3 Å². The molecule has 1 aromatic carbocycles. The number of fused-ring (bicyclic) bond motifs is 1. The number of hydrogen-bond acceptors (Lipinski definition) is 4. The number of H-pyrrole nitrogens is 1. The first-order valence-corrected chi connectivity index (χ1v) is 5.69. The molecule has 0 unspecified atom stereocenters. The Hall–Kier alpha value is -2.71. The monoisotopic (exact) mass is 297 g/mol. The highest BCUT2D eigenvalue weighted by Gasteiger charge is 2.34. The molecule has 0 spiro atoms. The number of benzene rings is 1. The molecule has 0 aliphatic rings. The maximum absolute atomic E-state index is 13.3. The van der Waals surface area contributed by atoms with Crippen LogP contribution in [-0.4, -0.2) is 20.2 Å². The molecule has 2 aromatic heterocycles. The number of nitrogen functional groups attached to an aromatic ring is 1. The Balaban J connectivity index is 2.25. The molecule has 0 amide bonds. The normalized spacial score (nSPS) is 12.0. The summed E-state index contributed by atoms with van der Waals surface area (Å²) in [7, 11) is 0.